The summed E-state index contributed by atoms with van der Waals surface area (Å²) in [5.41, 5.74) is 7.01. The first kappa shape index (κ1) is 13.5. The summed E-state index contributed by atoms with van der Waals surface area (Å²) < 4.78 is 35.8. The van der Waals surface area contributed by atoms with Crippen LogP contribution in [0.5, 0.6) is 0 Å². The molecule has 1 nitrogen and oxygen atoms in total. The quantitative estimate of drug-likeness (QED) is 0.856. The summed E-state index contributed by atoms with van der Waals surface area (Å²) in [5.74, 6) is 0. The van der Waals surface area contributed by atoms with Crippen molar-refractivity contribution in [2.75, 3.05) is 0 Å². The van der Waals surface area contributed by atoms with Gasteiger partial charge in [0.25, 0.3) is 0 Å². The first-order chi connectivity index (χ1) is 7.29. The Balaban J connectivity index is 2.44. The molecule has 0 aliphatic carbocycles. The Labute approximate surface area is 97.5 Å². The molecule has 0 saturated carbocycles. The van der Waals surface area contributed by atoms with Crippen molar-refractivity contribution in [3.63, 3.8) is 0 Å². The molecule has 1 atom stereocenters. The highest BCUT2D eigenvalue weighted by atomic mass is 32.1. The Hall–Kier alpha value is -0.550. The number of aryl methyl sites for hydroxylation is 2. The van der Waals surface area contributed by atoms with E-state index in [4.69, 9.17) is 5.73 Å². The van der Waals surface area contributed by atoms with Crippen LogP contribution in [0.1, 0.15) is 40.6 Å². The lowest BCUT2D eigenvalue weighted by molar-refractivity contribution is -0.135. The third-order valence-electron chi connectivity index (χ3n) is 2.53. The number of nitrogens with two attached hydrogens (primary N) is 1. The lowest BCUT2D eigenvalue weighted by Gasteiger charge is -2.10. The molecule has 1 aromatic heterocycles. The van der Waals surface area contributed by atoms with Crippen molar-refractivity contribution in [3.05, 3.63) is 21.4 Å². The molecule has 0 radical (unpaired) electrons. The molecule has 16 heavy (non-hydrogen) atoms. The molecule has 0 amide bonds. The van der Waals surface area contributed by atoms with Crippen LogP contribution in [-0.4, -0.2) is 6.18 Å². The minimum absolute atomic E-state index is 0.0979. The van der Waals surface area contributed by atoms with Gasteiger partial charge in [-0.15, -0.1) is 11.3 Å². The van der Waals surface area contributed by atoms with Crippen LogP contribution in [0.3, 0.4) is 0 Å². The molecule has 0 saturated heterocycles. The van der Waals surface area contributed by atoms with Gasteiger partial charge in [0.15, 0.2) is 0 Å². The molecule has 2 N–H and O–H groups in total. The second-order valence-electron chi connectivity index (χ2n) is 4.00. The van der Waals surface area contributed by atoms with Gasteiger partial charge < -0.3 is 5.73 Å². The van der Waals surface area contributed by atoms with Crippen molar-refractivity contribution in [3.8, 4) is 0 Å². The van der Waals surface area contributed by atoms with Gasteiger partial charge in [0.2, 0.25) is 0 Å². The molecule has 0 aliphatic heterocycles. The molecule has 1 unspecified atom stereocenters. The molecule has 1 rings (SSSR count). The van der Waals surface area contributed by atoms with E-state index in [1.165, 1.54) is 4.88 Å². The Morgan fingerprint density at radius 1 is 1.38 bits per heavy atom. The Kier molecular flexibility index (Phi) is 4.38. The first-order valence-corrected chi connectivity index (χ1v) is 6.00. The van der Waals surface area contributed by atoms with E-state index in [1.54, 1.807) is 11.3 Å². The zero-order chi connectivity index (χ0) is 12.3. The fraction of sp³-hybridized carbons (Fsp3) is 0.636. The molecule has 0 fully saturated rings. The zero-order valence-corrected chi connectivity index (χ0v) is 10.2. The average Bonchev–Trinajstić information content (AvgIpc) is 2.45. The Morgan fingerprint density at radius 2 is 2.00 bits per heavy atom. The number of thiophene rings is 1. The summed E-state index contributed by atoms with van der Waals surface area (Å²) in [7, 11) is 0. The summed E-state index contributed by atoms with van der Waals surface area (Å²) in [6.07, 6.45) is -4.33. The zero-order valence-electron chi connectivity index (χ0n) is 9.40. The SMILES string of the molecule is Cc1cc(C(N)CCCC(F)(F)F)sc1C. The first-order valence-electron chi connectivity index (χ1n) is 5.19. The van der Waals surface area contributed by atoms with E-state index in [9.17, 15) is 13.2 Å². The second kappa shape index (κ2) is 5.19. The molecule has 0 aromatic carbocycles. The fourth-order valence-electron chi connectivity index (χ4n) is 1.45. The van der Waals surface area contributed by atoms with E-state index >= 15 is 0 Å². The van der Waals surface area contributed by atoms with Crippen molar-refractivity contribution in [2.45, 2.75) is 45.3 Å². The summed E-state index contributed by atoms with van der Waals surface area (Å²) in [6, 6.07) is 1.71. The van der Waals surface area contributed by atoms with Crippen LogP contribution in [0.15, 0.2) is 6.07 Å². The monoisotopic (exact) mass is 251 g/mol. The minimum atomic E-state index is -4.07. The summed E-state index contributed by atoms with van der Waals surface area (Å²) >= 11 is 1.57. The van der Waals surface area contributed by atoms with Crippen molar-refractivity contribution in [1.29, 1.82) is 0 Å². The number of halogens is 3. The van der Waals surface area contributed by atoms with Crippen LogP contribution in [0.4, 0.5) is 13.2 Å². The predicted molar refractivity (Wildman–Crippen MR) is 60.6 cm³/mol. The van der Waals surface area contributed by atoms with Gasteiger partial charge in [-0.3, -0.25) is 0 Å². The minimum Gasteiger partial charge on any atom is -0.323 e. The number of rotatable bonds is 4. The van der Waals surface area contributed by atoms with Gasteiger partial charge >= 0.3 is 6.18 Å². The Morgan fingerprint density at radius 3 is 2.44 bits per heavy atom. The Bertz CT molecular complexity index is 324. The average molecular weight is 251 g/mol. The summed E-state index contributed by atoms with van der Waals surface area (Å²) in [4.78, 5) is 2.17. The van der Waals surface area contributed by atoms with Gasteiger partial charge in [-0.25, -0.2) is 0 Å². The maximum Gasteiger partial charge on any atom is 0.389 e. The lowest BCUT2D eigenvalue weighted by atomic mass is 10.1. The molecule has 0 bridgehead atoms. The van der Waals surface area contributed by atoms with E-state index in [-0.39, 0.29) is 12.5 Å². The largest absolute Gasteiger partial charge is 0.389 e. The summed E-state index contributed by atoms with van der Waals surface area (Å²) in [5, 5.41) is 0. The van der Waals surface area contributed by atoms with Gasteiger partial charge in [-0.1, -0.05) is 0 Å². The normalized spacial score (nSPS) is 14.1. The van der Waals surface area contributed by atoms with Crippen molar-refractivity contribution in [1.82, 2.24) is 0 Å². The highest BCUT2D eigenvalue weighted by Gasteiger charge is 2.26. The molecule has 0 spiro atoms. The van der Waals surface area contributed by atoms with E-state index in [1.807, 2.05) is 19.9 Å². The topological polar surface area (TPSA) is 26.0 Å². The molecular formula is C11H16F3NS. The van der Waals surface area contributed by atoms with Crippen LogP contribution in [0.2, 0.25) is 0 Å². The predicted octanol–water partition coefficient (Wildman–Crippen LogP) is 4.10. The number of hydrogen-bond acceptors (Lipinski definition) is 2. The molecular weight excluding hydrogens is 235 g/mol. The smallest absolute Gasteiger partial charge is 0.323 e. The summed E-state index contributed by atoms with van der Waals surface area (Å²) in [6.45, 7) is 3.98. The molecule has 92 valence electrons. The van der Waals surface area contributed by atoms with Gasteiger partial charge in [0.05, 0.1) is 0 Å². The molecule has 5 heteroatoms. The highest BCUT2D eigenvalue weighted by Crippen LogP contribution is 2.29. The maximum atomic E-state index is 11.9. The van der Waals surface area contributed by atoms with Crippen molar-refractivity contribution >= 4 is 11.3 Å². The van der Waals surface area contributed by atoms with Crippen LogP contribution in [0.25, 0.3) is 0 Å². The van der Waals surface area contributed by atoms with E-state index in [2.05, 4.69) is 0 Å². The van der Waals surface area contributed by atoms with E-state index < -0.39 is 12.6 Å². The van der Waals surface area contributed by atoms with E-state index in [0.717, 1.165) is 10.4 Å². The van der Waals surface area contributed by atoms with Gasteiger partial charge in [0, 0.05) is 22.2 Å². The number of alkyl halides is 3. The maximum absolute atomic E-state index is 11.9. The van der Waals surface area contributed by atoms with Gasteiger partial charge in [-0.05, 0) is 38.3 Å². The highest BCUT2D eigenvalue weighted by molar-refractivity contribution is 7.12. The van der Waals surface area contributed by atoms with E-state index in [0.29, 0.717) is 6.42 Å². The van der Waals surface area contributed by atoms with Crippen molar-refractivity contribution in [2.24, 2.45) is 5.73 Å². The van der Waals surface area contributed by atoms with Crippen molar-refractivity contribution < 1.29 is 13.2 Å². The number of hydrogen-bond donors (Lipinski definition) is 1. The lowest BCUT2D eigenvalue weighted by Crippen LogP contribution is -2.12. The van der Waals surface area contributed by atoms with Gasteiger partial charge in [0.1, 0.15) is 0 Å². The fourth-order valence-corrected chi connectivity index (χ4v) is 2.53. The van der Waals surface area contributed by atoms with Crippen LogP contribution in [0, 0.1) is 13.8 Å². The van der Waals surface area contributed by atoms with Crippen LogP contribution in [-0.2, 0) is 0 Å². The molecule has 1 heterocycles. The van der Waals surface area contributed by atoms with Crippen LogP contribution >= 0.6 is 11.3 Å². The standard InChI is InChI=1S/C11H16F3NS/c1-7-6-10(16-8(7)2)9(15)4-3-5-11(12,13)14/h6,9H,3-5,15H2,1-2H3. The van der Waals surface area contributed by atoms with Gasteiger partial charge in [-0.2, -0.15) is 13.2 Å². The second-order valence-corrected chi connectivity index (χ2v) is 5.29. The van der Waals surface area contributed by atoms with Crippen LogP contribution < -0.4 is 5.73 Å². The molecule has 1 aromatic rings. The molecule has 0 aliphatic rings. The third kappa shape index (κ3) is 4.14. The third-order valence-corrected chi connectivity index (χ3v) is 3.81.